The molecule has 1 aromatic rings. The zero-order valence-corrected chi connectivity index (χ0v) is 12.5. The number of hydrogen-bond acceptors (Lipinski definition) is 3. The SMILES string of the molecule is CC(CO)(CN1CCCCC1CCO)c1ccccc1. The van der Waals surface area contributed by atoms with Crippen LogP contribution in [0.15, 0.2) is 30.3 Å². The van der Waals surface area contributed by atoms with Gasteiger partial charge in [0.25, 0.3) is 0 Å². The molecule has 0 spiro atoms. The van der Waals surface area contributed by atoms with Crippen molar-refractivity contribution in [2.45, 2.75) is 44.1 Å². The first-order chi connectivity index (χ1) is 9.69. The van der Waals surface area contributed by atoms with Crippen LogP contribution in [-0.2, 0) is 5.41 Å². The van der Waals surface area contributed by atoms with Gasteiger partial charge in [0.05, 0.1) is 6.61 Å². The molecule has 0 aliphatic carbocycles. The maximum atomic E-state index is 9.91. The molecule has 2 atom stereocenters. The molecule has 112 valence electrons. The third kappa shape index (κ3) is 3.60. The lowest BCUT2D eigenvalue weighted by Crippen LogP contribution is -2.48. The zero-order valence-electron chi connectivity index (χ0n) is 12.5. The maximum absolute atomic E-state index is 9.91. The van der Waals surface area contributed by atoms with Gasteiger partial charge in [-0.2, -0.15) is 0 Å². The van der Waals surface area contributed by atoms with Crippen LogP contribution in [0, 0.1) is 0 Å². The summed E-state index contributed by atoms with van der Waals surface area (Å²) in [7, 11) is 0. The van der Waals surface area contributed by atoms with Gasteiger partial charge in [-0.25, -0.2) is 0 Å². The fourth-order valence-corrected chi connectivity index (χ4v) is 3.27. The molecule has 1 fully saturated rings. The highest BCUT2D eigenvalue weighted by Gasteiger charge is 2.32. The summed E-state index contributed by atoms with van der Waals surface area (Å²) in [5.74, 6) is 0. The predicted octanol–water partition coefficient (Wildman–Crippen LogP) is 2.17. The molecule has 1 saturated heterocycles. The Morgan fingerprint density at radius 2 is 1.95 bits per heavy atom. The van der Waals surface area contributed by atoms with Gasteiger partial charge in [-0.1, -0.05) is 43.7 Å². The molecule has 1 aliphatic heterocycles. The molecule has 0 bridgehead atoms. The number of hydrogen-bond donors (Lipinski definition) is 2. The summed E-state index contributed by atoms with van der Waals surface area (Å²) in [6, 6.07) is 10.7. The van der Waals surface area contributed by atoms with Gasteiger partial charge in [0.1, 0.15) is 0 Å². The summed E-state index contributed by atoms with van der Waals surface area (Å²) in [5.41, 5.74) is 0.961. The van der Waals surface area contributed by atoms with Crippen molar-refractivity contribution in [2.75, 3.05) is 26.3 Å². The van der Waals surface area contributed by atoms with E-state index in [9.17, 15) is 10.2 Å². The van der Waals surface area contributed by atoms with E-state index in [0.717, 1.165) is 25.9 Å². The molecule has 0 aromatic heterocycles. The van der Waals surface area contributed by atoms with Gasteiger partial charge in [-0.15, -0.1) is 0 Å². The fraction of sp³-hybridized carbons (Fsp3) is 0.647. The summed E-state index contributed by atoms with van der Waals surface area (Å²) in [6.45, 7) is 4.47. The molecule has 2 unspecified atom stereocenters. The number of aliphatic hydroxyl groups excluding tert-OH is 2. The molecule has 2 rings (SSSR count). The average Bonchev–Trinajstić information content (AvgIpc) is 2.50. The minimum absolute atomic E-state index is 0.152. The van der Waals surface area contributed by atoms with E-state index in [0.29, 0.717) is 6.04 Å². The van der Waals surface area contributed by atoms with E-state index in [1.807, 2.05) is 18.2 Å². The predicted molar refractivity (Wildman–Crippen MR) is 81.8 cm³/mol. The van der Waals surface area contributed by atoms with Gasteiger partial charge in [-0.3, -0.25) is 4.90 Å². The minimum atomic E-state index is -0.230. The van der Waals surface area contributed by atoms with E-state index in [1.54, 1.807) is 0 Å². The second-order valence-corrected chi connectivity index (χ2v) is 6.22. The number of rotatable bonds is 6. The topological polar surface area (TPSA) is 43.7 Å². The van der Waals surface area contributed by atoms with E-state index in [2.05, 4.69) is 24.0 Å². The molecule has 2 N–H and O–H groups in total. The van der Waals surface area contributed by atoms with E-state index < -0.39 is 0 Å². The van der Waals surface area contributed by atoms with Crippen molar-refractivity contribution in [3.05, 3.63) is 35.9 Å². The van der Waals surface area contributed by atoms with E-state index in [-0.39, 0.29) is 18.6 Å². The molecule has 0 saturated carbocycles. The smallest absolute Gasteiger partial charge is 0.0537 e. The number of nitrogens with zero attached hydrogens (tertiary/aromatic N) is 1. The first kappa shape index (κ1) is 15.5. The molecule has 1 aliphatic rings. The van der Waals surface area contributed by atoms with Crippen LogP contribution in [0.1, 0.15) is 38.2 Å². The highest BCUT2D eigenvalue weighted by Crippen LogP contribution is 2.28. The van der Waals surface area contributed by atoms with Crippen molar-refractivity contribution in [3.8, 4) is 0 Å². The monoisotopic (exact) mass is 277 g/mol. The first-order valence-electron chi connectivity index (χ1n) is 7.71. The summed E-state index contributed by atoms with van der Waals surface area (Å²) in [5, 5.41) is 19.1. The largest absolute Gasteiger partial charge is 0.396 e. The minimum Gasteiger partial charge on any atom is -0.396 e. The van der Waals surface area contributed by atoms with Gasteiger partial charge < -0.3 is 10.2 Å². The van der Waals surface area contributed by atoms with Gasteiger partial charge >= 0.3 is 0 Å². The van der Waals surface area contributed by atoms with Crippen LogP contribution in [-0.4, -0.2) is 47.5 Å². The highest BCUT2D eigenvalue weighted by atomic mass is 16.3. The number of likely N-dealkylation sites (tertiary alicyclic amines) is 1. The Bertz CT molecular complexity index is 393. The molecule has 0 amide bonds. The Labute approximate surface area is 122 Å². The molecule has 3 heteroatoms. The van der Waals surface area contributed by atoms with Crippen molar-refractivity contribution in [3.63, 3.8) is 0 Å². The lowest BCUT2D eigenvalue weighted by atomic mass is 9.81. The van der Waals surface area contributed by atoms with Crippen molar-refractivity contribution >= 4 is 0 Å². The molecule has 1 aromatic carbocycles. The van der Waals surface area contributed by atoms with Gasteiger partial charge in [0.2, 0.25) is 0 Å². The average molecular weight is 277 g/mol. The Morgan fingerprint density at radius 1 is 1.20 bits per heavy atom. The lowest BCUT2D eigenvalue weighted by molar-refractivity contribution is 0.0746. The standard InChI is InChI=1S/C17H27NO2/c1-17(14-20,15-7-3-2-4-8-15)13-18-11-6-5-9-16(18)10-12-19/h2-4,7-8,16,19-20H,5-6,9-14H2,1H3. The third-order valence-corrected chi connectivity index (χ3v) is 4.58. The maximum Gasteiger partial charge on any atom is 0.0537 e. The van der Waals surface area contributed by atoms with Crippen LogP contribution in [0.25, 0.3) is 0 Å². The Kier molecular flexibility index (Phi) is 5.58. The molecule has 1 heterocycles. The highest BCUT2D eigenvalue weighted by molar-refractivity contribution is 5.25. The van der Waals surface area contributed by atoms with Crippen LogP contribution in [0.3, 0.4) is 0 Å². The van der Waals surface area contributed by atoms with Gasteiger partial charge in [-0.05, 0) is 31.4 Å². The molecule has 20 heavy (non-hydrogen) atoms. The van der Waals surface area contributed by atoms with Crippen LogP contribution in [0.2, 0.25) is 0 Å². The molecule has 0 radical (unpaired) electrons. The van der Waals surface area contributed by atoms with Crippen molar-refractivity contribution < 1.29 is 10.2 Å². The quantitative estimate of drug-likeness (QED) is 0.837. The lowest BCUT2D eigenvalue weighted by Gasteiger charge is -2.41. The van der Waals surface area contributed by atoms with E-state index in [4.69, 9.17) is 0 Å². The van der Waals surface area contributed by atoms with Gasteiger partial charge in [0, 0.05) is 24.6 Å². The first-order valence-corrected chi connectivity index (χ1v) is 7.71. The molecule has 3 nitrogen and oxygen atoms in total. The van der Waals surface area contributed by atoms with Crippen LogP contribution in [0.5, 0.6) is 0 Å². The second-order valence-electron chi connectivity index (χ2n) is 6.22. The van der Waals surface area contributed by atoms with Crippen LogP contribution >= 0.6 is 0 Å². The Balaban J connectivity index is 2.11. The van der Waals surface area contributed by atoms with Crippen molar-refractivity contribution in [2.24, 2.45) is 0 Å². The fourth-order valence-electron chi connectivity index (χ4n) is 3.27. The Hall–Kier alpha value is -0.900. The molecular weight excluding hydrogens is 250 g/mol. The molecular formula is C17H27NO2. The van der Waals surface area contributed by atoms with Gasteiger partial charge in [0.15, 0.2) is 0 Å². The summed E-state index contributed by atoms with van der Waals surface area (Å²) < 4.78 is 0. The third-order valence-electron chi connectivity index (χ3n) is 4.58. The summed E-state index contributed by atoms with van der Waals surface area (Å²) in [4.78, 5) is 2.46. The van der Waals surface area contributed by atoms with Crippen LogP contribution in [0.4, 0.5) is 0 Å². The Morgan fingerprint density at radius 3 is 2.60 bits per heavy atom. The van der Waals surface area contributed by atoms with Crippen molar-refractivity contribution in [1.29, 1.82) is 0 Å². The number of benzene rings is 1. The zero-order chi connectivity index (χ0) is 14.4. The summed E-state index contributed by atoms with van der Waals surface area (Å²) >= 11 is 0. The van der Waals surface area contributed by atoms with Crippen molar-refractivity contribution in [1.82, 2.24) is 4.90 Å². The normalized spacial score (nSPS) is 23.4. The number of piperidine rings is 1. The second kappa shape index (κ2) is 7.21. The van der Waals surface area contributed by atoms with E-state index in [1.165, 1.54) is 18.4 Å². The number of aliphatic hydroxyl groups is 2. The summed E-state index contributed by atoms with van der Waals surface area (Å²) in [6.07, 6.45) is 4.48. The van der Waals surface area contributed by atoms with E-state index >= 15 is 0 Å². The van der Waals surface area contributed by atoms with Crippen LogP contribution < -0.4 is 0 Å².